The van der Waals surface area contributed by atoms with E-state index in [2.05, 4.69) is 51.6 Å². The lowest BCUT2D eigenvalue weighted by Gasteiger charge is -2.14. The summed E-state index contributed by atoms with van der Waals surface area (Å²) in [5.41, 5.74) is 4.45. The second-order valence-electron chi connectivity index (χ2n) is 5.20. The van der Waals surface area contributed by atoms with Gasteiger partial charge in [0.05, 0.1) is 24.1 Å². The van der Waals surface area contributed by atoms with Crippen molar-refractivity contribution in [1.82, 2.24) is 4.98 Å². The van der Waals surface area contributed by atoms with Crippen LogP contribution >= 0.6 is 0 Å². The van der Waals surface area contributed by atoms with E-state index in [9.17, 15) is 0 Å². The highest BCUT2D eigenvalue weighted by molar-refractivity contribution is 5.54. The summed E-state index contributed by atoms with van der Waals surface area (Å²) < 4.78 is 0. The molecule has 4 heteroatoms. The van der Waals surface area contributed by atoms with Gasteiger partial charge in [0, 0.05) is 39.6 Å². The maximum atomic E-state index is 4.45. The number of rotatable bonds is 5. The second kappa shape index (κ2) is 6.28. The molecule has 2 aromatic rings. The average molecular weight is 270 g/mol. The van der Waals surface area contributed by atoms with Crippen molar-refractivity contribution >= 4 is 17.1 Å². The molecule has 1 aromatic carbocycles. The zero-order valence-corrected chi connectivity index (χ0v) is 12.6. The zero-order valence-electron chi connectivity index (χ0n) is 12.6. The number of nitrogens with zero attached hydrogens (tertiary/aromatic N) is 3. The standard InChI is InChI=1S/C16H22N4/c1-19(2)15-8-5-13(6-9-15)17-11-14-7-10-16(12-18-14)20(3)4/h5-10,12,17H,11H2,1-4H3. The summed E-state index contributed by atoms with van der Waals surface area (Å²) in [5.74, 6) is 0. The van der Waals surface area contributed by atoms with E-state index in [0.29, 0.717) is 0 Å². The quantitative estimate of drug-likeness (QED) is 0.905. The fraction of sp³-hybridized carbons (Fsp3) is 0.312. The van der Waals surface area contributed by atoms with Gasteiger partial charge in [0.2, 0.25) is 0 Å². The van der Waals surface area contributed by atoms with Crippen molar-refractivity contribution in [3.63, 3.8) is 0 Å². The Hall–Kier alpha value is -2.23. The minimum Gasteiger partial charge on any atom is -0.379 e. The van der Waals surface area contributed by atoms with Crippen molar-refractivity contribution < 1.29 is 0 Å². The smallest absolute Gasteiger partial charge is 0.0596 e. The van der Waals surface area contributed by atoms with Crippen LogP contribution in [0.4, 0.5) is 17.1 Å². The van der Waals surface area contributed by atoms with Crippen LogP contribution in [0.1, 0.15) is 5.69 Å². The van der Waals surface area contributed by atoms with Gasteiger partial charge in [-0.25, -0.2) is 0 Å². The maximum absolute atomic E-state index is 4.45. The predicted molar refractivity (Wildman–Crippen MR) is 86.7 cm³/mol. The summed E-state index contributed by atoms with van der Waals surface area (Å²) >= 11 is 0. The SMILES string of the molecule is CN(C)c1ccc(NCc2ccc(N(C)C)cn2)cc1. The summed E-state index contributed by atoms with van der Waals surface area (Å²) in [7, 11) is 8.11. The number of benzene rings is 1. The van der Waals surface area contributed by atoms with Crippen LogP contribution in [0.15, 0.2) is 42.6 Å². The fourth-order valence-corrected chi connectivity index (χ4v) is 1.86. The molecule has 4 nitrogen and oxygen atoms in total. The molecular formula is C16H22N4. The molecule has 0 bridgehead atoms. The van der Waals surface area contributed by atoms with Crippen molar-refractivity contribution in [2.24, 2.45) is 0 Å². The molecule has 1 N–H and O–H groups in total. The number of hydrogen-bond acceptors (Lipinski definition) is 4. The lowest BCUT2D eigenvalue weighted by molar-refractivity contribution is 1.03. The molecule has 0 spiro atoms. The first-order chi connectivity index (χ1) is 9.56. The molecule has 106 valence electrons. The Morgan fingerprint density at radius 3 is 1.95 bits per heavy atom. The number of hydrogen-bond donors (Lipinski definition) is 1. The Morgan fingerprint density at radius 1 is 0.850 bits per heavy atom. The highest BCUT2D eigenvalue weighted by Crippen LogP contribution is 2.16. The first-order valence-electron chi connectivity index (χ1n) is 6.70. The van der Waals surface area contributed by atoms with Crippen LogP contribution < -0.4 is 15.1 Å². The Labute approximate surface area is 121 Å². The molecule has 20 heavy (non-hydrogen) atoms. The normalized spacial score (nSPS) is 10.2. The molecule has 0 aliphatic heterocycles. The van der Waals surface area contributed by atoms with Crippen molar-refractivity contribution in [1.29, 1.82) is 0 Å². The summed E-state index contributed by atoms with van der Waals surface area (Å²) in [6.07, 6.45) is 1.89. The highest BCUT2D eigenvalue weighted by atomic mass is 15.1. The number of pyridine rings is 1. The Balaban J connectivity index is 1.94. The van der Waals surface area contributed by atoms with E-state index in [1.54, 1.807) is 0 Å². The Kier molecular flexibility index (Phi) is 4.45. The van der Waals surface area contributed by atoms with Gasteiger partial charge in [0.1, 0.15) is 0 Å². The van der Waals surface area contributed by atoms with Gasteiger partial charge in [-0.3, -0.25) is 4.98 Å². The van der Waals surface area contributed by atoms with E-state index >= 15 is 0 Å². The van der Waals surface area contributed by atoms with Crippen LogP contribution in [0.2, 0.25) is 0 Å². The molecule has 1 aromatic heterocycles. The van der Waals surface area contributed by atoms with Crippen molar-refractivity contribution in [3.8, 4) is 0 Å². The summed E-state index contributed by atoms with van der Waals surface area (Å²) in [5, 5.41) is 3.38. The number of anilines is 3. The van der Waals surface area contributed by atoms with Gasteiger partial charge in [-0.2, -0.15) is 0 Å². The zero-order chi connectivity index (χ0) is 14.5. The first kappa shape index (κ1) is 14.2. The molecular weight excluding hydrogens is 248 g/mol. The fourth-order valence-electron chi connectivity index (χ4n) is 1.86. The molecule has 0 fully saturated rings. The van der Waals surface area contributed by atoms with E-state index in [4.69, 9.17) is 0 Å². The lowest BCUT2D eigenvalue weighted by Crippen LogP contribution is -2.10. The van der Waals surface area contributed by atoms with Crippen LogP contribution in [0.25, 0.3) is 0 Å². The second-order valence-corrected chi connectivity index (χ2v) is 5.20. The van der Waals surface area contributed by atoms with Crippen molar-refractivity contribution in [3.05, 3.63) is 48.3 Å². The molecule has 0 saturated heterocycles. The van der Waals surface area contributed by atoms with E-state index in [1.807, 2.05) is 39.3 Å². The average Bonchev–Trinajstić information content (AvgIpc) is 2.46. The molecule has 0 aliphatic rings. The minimum atomic E-state index is 0.731. The molecule has 0 aliphatic carbocycles. The molecule has 0 atom stereocenters. The third-order valence-electron chi connectivity index (χ3n) is 3.18. The van der Waals surface area contributed by atoms with Gasteiger partial charge in [-0.1, -0.05) is 0 Å². The van der Waals surface area contributed by atoms with Gasteiger partial charge in [-0.05, 0) is 36.4 Å². The van der Waals surface area contributed by atoms with E-state index in [1.165, 1.54) is 5.69 Å². The molecule has 0 unspecified atom stereocenters. The monoisotopic (exact) mass is 270 g/mol. The molecule has 1 heterocycles. The van der Waals surface area contributed by atoms with Crippen LogP contribution in [0, 0.1) is 0 Å². The Bertz CT molecular complexity index is 478. The predicted octanol–water partition coefficient (Wildman–Crippen LogP) is 2.83. The minimum absolute atomic E-state index is 0.731. The summed E-state index contributed by atoms with van der Waals surface area (Å²) in [6.45, 7) is 0.731. The molecule has 0 saturated carbocycles. The summed E-state index contributed by atoms with van der Waals surface area (Å²) in [4.78, 5) is 8.58. The molecule has 2 rings (SSSR count). The summed E-state index contributed by atoms with van der Waals surface area (Å²) in [6, 6.07) is 12.5. The number of nitrogens with one attached hydrogen (secondary N) is 1. The third-order valence-corrected chi connectivity index (χ3v) is 3.18. The van der Waals surface area contributed by atoms with Gasteiger partial charge >= 0.3 is 0 Å². The topological polar surface area (TPSA) is 31.4 Å². The number of aromatic nitrogens is 1. The third kappa shape index (κ3) is 3.63. The van der Waals surface area contributed by atoms with E-state index in [-0.39, 0.29) is 0 Å². The van der Waals surface area contributed by atoms with Gasteiger partial charge in [-0.15, -0.1) is 0 Å². The largest absolute Gasteiger partial charge is 0.379 e. The van der Waals surface area contributed by atoms with Gasteiger partial charge < -0.3 is 15.1 Å². The van der Waals surface area contributed by atoms with Crippen LogP contribution in [-0.4, -0.2) is 33.2 Å². The highest BCUT2D eigenvalue weighted by Gasteiger charge is 1.99. The molecule has 0 radical (unpaired) electrons. The van der Waals surface area contributed by atoms with Gasteiger partial charge in [0.15, 0.2) is 0 Å². The van der Waals surface area contributed by atoms with Crippen LogP contribution in [-0.2, 0) is 6.54 Å². The van der Waals surface area contributed by atoms with Crippen molar-refractivity contribution in [2.45, 2.75) is 6.54 Å². The van der Waals surface area contributed by atoms with E-state index < -0.39 is 0 Å². The Morgan fingerprint density at radius 2 is 1.45 bits per heavy atom. The maximum Gasteiger partial charge on any atom is 0.0596 e. The van der Waals surface area contributed by atoms with Gasteiger partial charge in [0.25, 0.3) is 0 Å². The lowest BCUT2D eigenvalue weighted by atomic mass is 10.2. The first-order valence-corrected chi connectivity index (χ1v) is 6.70. The van der Waals surface area contributed by atoms with Crippen LogP contribution in [0.5, 0.6) is 0 Å². The molecule has 0 amide bonds. The van der Waals surface area contributed by atoms with Crippen LogP contribution in [0.3, 0.4) is 0 Å². The van der Waals surface area contributed by atoms with Crippen molar-refractivity contribution in [2.75, 3.05) is 43.3 Å². The van der Waals surface area contributed by atoms with E-state index in [0.717, 1.165) is 23.6 Å².